The van der Waals surface area contributed by atoms with Gasteiger partial charge in [0.05, 0.1) is 10.6 Å². The largest absolute Gasteiger partial charge is 0.481 e. The Morgan fingerprint density at radius 1 is 1.08 bits per heavy atom. The summed E-state index contributed by atoms with van der Waals surface area (Å²) in [5.41, 5.74) is 13.3. The van der Waals surface area contributed by atoms with Crippen molar-refractivity contribution < 1.29 is 34.0 Å². The standard InChI is InChI=1S/C22H23N11O6/c23-17-16-12(9-25-18(16)30-21(24)29-17)7-8-33(10-26-31-32-33)22(39)27-13-3-1-11(2-4-13)19(36)28-14(20(37)38)5-6-15(34)35/h1-4,9-10,14H,5-8H2,(H8-,23,24,25,27,28,29,30,31,32,34,35,36,37,38,39)/p+1/t14-,33?/m0/s1. The first-order valence-electron chi connectivity index (χ1n) is 11.5. The molecule has 2 atom stereocenters. The van der Waals surface area contributed by atoms with E-state index in [4.69, 9.17) is 16.6 Å². The number of fused-ring (bicyclic) bond motifs is 1. The van der Waals surface area contributed by atoms with Crippen molar-refractivity contribution in [3.05, 3.63) is 41.6 Å². The van der Waals surface area contributed by atoms with Gasteiger partial charge in [0.15, 0.2) is 0 Å². The van der Waals surface area contributed by atoms with Crippen LogP contribution < -0.4 is 22.1 Å². The number of aliphatic carboxylic acids is 2. The minimum absolute atomic E-state index is 0.0279. The lowest BCUT2D eigenvalue weighted by molar-refractivity contribution is -0.756. The zero-order valence-corrected chi connectivity index (χ0v) is 20.2. The number of carboxylic acids is 2. The Labute approximate surface area is 219 Å². The molecule has 39 heavy (non-hydrogen) atoms. The normalized spacial score (nSPS) is 16.7. The molecule has 0 radical (unpaired) electrons. The molecule has 0 spiro atoms. The average Bonchev–Trinajstić information content (AvgIpc) is 3.53. The van der Waals surface area contributed by atoms with Gasteiger partial charge in [0.25, 0.3) is 5.91 Å². The number of nitrogens with two attached hydrogens (primary N) is 2. The van der Waals surface area contributed by atoms with Crippen LogP contribution >= 0.6 is 0 Å². The zero-order valence-electron chi connectivity index (χ0n) is 20.2. The third-order valence-electron chi connectivity index (χ3n) is 5.87. The number of carboxylic acid groups (broad SMARTS) is 2. The molecule has 17 heteroatoms. The van der Waals surface area contributed by atoms with E-state index in [9.17, 15) is 24.3 Å². The third kappa shape index (κ3) is 5.93. The SMILES string of the molecule is Nc1nc(N)c2c(CC[N+]3(C(=O)Nc4ccc(C(=O)N[C@@H](CCC(=O)O)C(=O)O)cc4)C=NN=N3)c[nH]c2n1. The minimum atomic E-state index is -1.37. The van der Waals surface area contributed by atoms with Gasteiger partial charge in [0.2, 0.25) is 12.3 Å². The second-order valence-corrected chi connectivity index (χ2v) is 8.52. The molecule has 202 valence electrons. The van der Waals surface area contributed by atoms with Gasteiger partial charge in [0.1, 0.15) is 24.1 Å². The molecule has 0 saturated heterocycles. The van der Waals surface area contributed by atoms with Gasteiger partial charge in [0, 0.05) is 35.5 Å². The van der Waals surface area contributed by atoms with Gasteiger partial charge in [-0.05, 0) is 36.2 Å². The number of amides is 3. The number of aromatic amines is 1. The van der Waals surface area contributed by atoms with E-state index in [0.717, 1.165) is 5.56 Å². The van der Waals surface area contributed by atoms with E-state index in [2.05, 4.69) is 41.1 Å². The number of nitrogens with one attached hydrogen (secondary N) is 3. The van der Waals surface area contributed by atoms with E-state index in [1.54, 1.807) is 6.20 Å². The van der Waals surface area contributed by atoms with Crippen LogP contribution in [0.5, 0.6) is 0 Å². The van der Waals surface area contributed by atoms with Crippen molar-refractivity contribution in [2.45, 2.75) is 25.3 Å². The summed E-state index contributed by atoms with van der Waals surface area (Å²) in [7, 11) is 0. The predicted octanol–water partition coefficient (Wildman–Crippen LogP) is 1.09. The number of rotatable bonds is 10. The summed E-state index contributed by atoms with van der Waals surface area (Å²) < 4.78 is -0.603. The summed E-state index contributed by atoms with van der Waals surface area (Å²) in [5, 5.41) is 34.8. The average molecular weight is 539 g/mol. The third-order valence-corrected chi connectivity index (χ3v) is 5.87. The zero-order chi connectivity index (χ0) is 28.2. The number of nitrogens with zero attached hydrogens (tertiary/aromatic N) is 6. The van der Waals surface area contributed by atoms with Crippen LogP contribution in [0.4, 0.5) is 22.2 Å². The lowest BCUT2D eigenvalue weighted by Crippen LogP contribution is -2.49. The molecule has 1 aliphatic rings. The number of hydrogen-bond acceptors (Lipinski definition) is 11. The summed E-state index contributed by atoms with van der Waals surface area (Å²) in [4.78, 5) is 58.7. The topological polar surface area (TPSA) is 263 Å². The van der Waals surface area contributed by atoms with Crippen molar-refractivity contribution in [3.8, 4) is 0 Å². The molecule has 3 aromatic rings. The van der Waals surface area contributed by atoms with Crippen molar-refractivity contribution in [1.82, 2.24) is 20.3 Å². The Bertz CT molecular complexity index is 1490. The number of carbonyl (C=O) groups is 4. The predicted molar refractivity (Wildman–Crippen MR) is 136 cm³/mol. The Hall–Kier alpha value is -5.45. The van der Waals surface area contributed by atoms with Gasteiger partial charge >= 0.3 is 18.0 Å². The quantitative estimate of drug-likeness (QED) is 0.180. The number of quaternary nitrogens is 1. The summed E-state index contributed by atoms with van der Waals surface area (Å²) in [6.45, 7) is 0.128. The van der Waals surface area contributed by atoms with Crippen LogP contribution in [0.1, 0.15) is 28.8 Å². The molecule has 3 heterocycles. The lowest BCUT2D eigenvalue weighted by atomic mass is 10.1. The second kappa shape index (κ2) is 10.9. The van der Waals surface area contributed by atoms with Crippen LogP contribution in [0.15, 0.2) is 46.0 Å². The van der Waals surface area contributed by atoms with Crippen LogP contribution in [0.25, 0.3) is 11.0 Å². The van der Waals surface area contributed by atoms with Crippen molar-refractivity contribution in [2.75, 3.05) is 23.3 Å². The molecule has 2 aromatic heterocycles. The van der Waals surface area contributed by atoms with E-state index in [-0.39, 0.29) is 30.3 Å². The monoisotopic (exact) mass is 538 g/mol. The van der Waals surface area contributed by atoms with Crippen LogP contribution in [0, 0.1) is 0 Å². The van der Waals surface area contributed by atoms with Gasteiger partial charge in [-0.15, -0.1) is 0 Å². The molecule has 1 aromatic carbocycles. The molecule has 0 aliphatic carbocycles. The first-order chi connectivity index (χ1) is 18.6. The number of nitrogen functional groups attached to an aromatic ring is 2. The Kier molecular flexibility index (Phi) is 7.43. The first-order valence-corrected chi connectivity index (χ1v) is 11.5. The van der Waals surface area contributed by atoms with Gasteiger partial charge in [-0.3, -0.25) is 14.9 Å². The van der Waals surface area contributed by atoms with Gasteiger partial charge in [-0.25, -0.2) is 9.59 Å². The van der Waals surface area contributed by atoms with E-state index >= 15 is 0 Å². The molecule has 4 rings (SSSR count). The maximum Gasteiger partial charge on any atom is 0.455 e. The molecule has 3 amide bonds. The van der Waals surface area contributed by atoms with Gasteiger partial charge < -0.3 is 32.0 Å². The van der Waals surface area contributed by atoms with Crippen molar-refractivity contribution in [2.24, 2.45) is 15.5 Å². The molecule has 0 saturated carbocycles. The van der Waals surface area contributed by atoms with Crippen LogP contribution in [-0.2, 0) is 16.0 Å². The highest BCUT2D eigenvalue weighted by atomic mass is 16.4. The number of urea groups is 1. The van der Waals surface area contributed by atoms with Crippen molar-refractivity contribution in [1.29, 1.82) is 0 Å². The van der Waals surface area contributed by atoms with Crippen LogP contribution in [-0.4, -0.2) is 72.6 Å². The number of aromatic nitrogens is 3. The fourth-order valence-corrected chi connectivity index (χ4v) is 3.85. The molecular weight excluding hydrogens is 514 g/mol. The van der Waals surface area contributed by atoms with E-state index in [1.165, 1.54) is 30.6 Å². The smallest absolute Gasteiger partial charge is 0.455 e. The molecule has 1 unspecified atom stereocenters. The molecular formula is C22H24N11O6+. The molecule has 17 nitrogen and oxygen atoms in total. The highest BCUT2D eigenvalue weighted by Gasteiger charge is 2.40. The number of anilines is 3. The summed E-state index contributed by atoms with van der Waals surface area (Å²) in [6.07, 6.45) is 2.59. The number of H-pyrrole nitrogens is 1. The fourth-order valence-electron chi connectivity index (χ4n) is 3.85. The minimum Gasteiger partial charge on any atom is -0.481 e. The summed E-state index contributed by atoms with van der Waals surface area (Å²) >= 11 is 0. The maximum absolute atomic E-state index is 13.2. The fraction of sp³-hybridized carbons (Fsp3) is 0.227. The van der Waals surface area contributed by atoms with Crippen molar-refractivity contribution >= 4 is 58.7 Å². The lowest BCUT2D eigenvalue weighted by Gasteiger charge is -2.20. The van der Waals surface area contributed by atoms with E-state index in [1.807, 2.05) is 0 Å². The molecule has 9 N–H and O–H groups in total. The maximum atomic E-state index is 13.2. The van der Waals surface area contributed by atoms with Gasteiger partial charge in [-0.2, -0.15) is 9.97 Å². The highest BCUT2D eigenvalue weighted by molar-refractivity contribution is 5.97. The Balaban J connectivity index is 1.42. The van der Waals surface area contributed by atoms with Gasteiger partial charge in [-0.1, -0.05) is 9.69 Å². The summed E-state index contributed by atoms with van der Waals surface area (Å²) in [6, 6.07) is 3.71. The summed E-state index contributed by atoms with van der Waals surface area (Å²) in [5.74, 6) is -3.01. The van der Waals surface area contributed by atoms with E-state index < -0.39 is 40.9 Å². The van der Waals surface area contributed by atoms with E-state index in [0.29, 0.717) is 23.1 Å². The number of benzene rings is 1. The first kappa shape index (κ1) is 26.6. The Morgan fingerprint density at radius 2 is 1.82 bits per heavy atom. The second-order valence-electron chi connectivity index (χ2n) is 8.52. The van der Waals surface area contributed by atoms with Crippen LogP contribution in [0.2, 0.25) is 0 Å². The van der Waals surface area contributed by atoms with Crippen LogP contribution in [0.3, 0.4) is 0 Å². The molecule has 0 bridgehead atoms. The Morgan fingerprint density at radius 3 is 2.46 bits per heavy atom. The molecule has 0 fully saturated rings. The molecule has 1 aliphatic heterocycles. The number of hydrogen-bond donors (Lipinski definition) is 7. The highest BCUT2D eigenvalue weighted by Crippen LogP contribution is 2.25. The number of carbonyl (C=O) groups excluding carboxylic acids is 2. The van der Waals surface area contributed by atoms with Crippen molar-refractivity contribution in [3.63, 3.8) is 0 Å².